The van der Waals surface area contributed by atoms with Gasteiger partial charge in [-0.3, -0.25) is 0 Å². The lowest BCUT2D eigenvalue weighted by Gasteiger charge is -2.06. The van der Waals surface area contributed by atoms with Crippen molar-refractivity contribution in [3.05, 3.63) is 29.8 Å². The third-order valence-corrected chi connectivity index (χ3v) is 3.91. The van der Waals surface area contributed by atoms with Crippen molar-refractivity contribution in [1.82, 2.24) is 5.32 Å². The maximum atomic E-state index is 11.3. The second-order valence-corrected chi connectivity index (χ2v) is 6.44. The molecule has 0 bridgehead atoms. The predicted molar refractivity (Wildman–Crippen MR) is 85.3 cm³/mol. The third-order valence-electron chi connectivity index (χ3n) is 3.00. The van der Waals surface area contributed by atoms with Crippen molar-refractivity contribution in [3.8, 4) is 0 Å². The molecule has 1 rings (SSSR count). The Morgan fingerprint density at radius 1 is 1.29 bits per heavy atom. The summed E-state index contributed by atoms with van der Waals surface area (Å²) in [7, 11) is -3.68. The van der Waals surface area contributed by atoms with Crippen LogP contribution in [0.2, 0.25) is 0 Å². The molecule has 5 N–H and O–H groups in total. The average Bonchev–Trinajstić information content (AvgIpc) is 2.44. The van der Waals surface area contributed by atoms with Crippen LogP contribution in [0.5, 0.6) is 0 Å². The number of aliphatic imine (C=N–C) groups is 1. The molecule has 0 aromatic heterocycles. The molecule has 0 saturated carbocycles. The van der Waals surface area contributed by atoms with Crippen LogP contribution in [0.4, 0.5) is 0 Å². The van der Waals surface area contributed by atoms with Gasteiger partial charge in [-0.05, 0) is 24.1 Å². The molecule has 118 valence electrons. The van der Waals surface area contributed by atoms with Crippen LogP contribution in [0.1, 0.15) is 38.2 Å². The van der Waals surface area contributed by atoms with E-state index in [2.05, 4.69) is 17.2 Å². The standard InChI is InChI=1S/C14H24N4O2S/c1-2-3-4-5-9-17-14(15)18-11-12-7-6-8-13(10-12)21(16,19)20/h6-8,10H,2-5,9,11H2,1H3,(H3,15,17,18)(H2,16,19,20). The number of hydrogen-bond acceptors (Lipinski definition) is 3. The van der Waals surface area contributed by atoms with Crippen LogP contribution < -0.4 is 16.2 Å². The van der Waals surface area contributed by atoms with Crippen molar-refractivity contribution in [1.29, 1.82) is 0 Å². The Balaban J connectivity index is 2.48. The second kappa shape index (κ2) is 8.63. The van der Waals surface area contributed by atoms with Crippen molar-refractivity contribution >= 4 is 16.0 Å². The van der Waals surface area contributed by atoms with Crippen molar-refractivity contribution in [2.24, 2.45) is 15.9 Å². The molecule has 7 heteroatoms. The molecule has 21 heavy (non-hydrogen) atoms. The van der Waals surface area contributed by atoms with Crippen molar-refractivity contribution < 1.29 is 8.42 Å². The molecule has 0 unspecified atom stereocenters. The van der Waals surface area contributed by atoms with Gasteiger partial charge in [-0.25, -0.2) is 18.5 Å². The zero-order chi connectivity index (χ0) is 15.7. The van der Waals surface area contributed by atoms with E-state index in [0.717, 1.165) is 18.5 Å². The molecule has 6 nitrogen and oxygen atoms in total. The van der Waals surface area contributed by atoms with Gasteiger partial charge in [0.1, 0.15) is 0 Å². The van der Waals surface area contributed by atoms with Gasteiger partial charge in [0.05, 0.1) is 11.4 Å². The van der Waals surface area contributed by atoms with Crippen LogP contribution in [-0.4, -0.2) is 20.9 Å². The van der Waals surface area contributed by atoms with E-state index in [0.29, 0.717) is 12.5 Å². The fourth-order valence-corrected chi connectivity index (χ4v) is 2.41. The Kier molecular flexibility index (Phi) is 7.18. The van der Waals surface area contributed by atoms with Gasteiger partial charge in [0.25, 0.3) is 0 Å². The number of guanidine groups is 1. The predicted octanol–water partition coefficient (Wildman–Crippen LogP) is 1.32. The molecule has 0 amide bonds. The molecule has 0 saturated heterocycles. The highest BCUT2D eigenvalue weighted by Crippen LogP contribution is 2.10. The van der Waals surface area contributed by atoms with Gasteiger partial charge in [0.15, 0.2) is 5.96 Å². The fourth-order valence-electron chi connectivity index (χ4n) is 1.82. The lowest BCUT2D eigenvalue weighted by Crippen LogP contribution is -2.32. The monoisotopic (exact) mass is 312 g/mol. The summed E-state index contributed by atoms with van der Waals surface area (Å²) < 4.78 is 22.5. The van der Waals surface area contributed by atoms with Gasteiger partial charge >= 0.3 is 0 Å². The van der Waals surface area contributed by atoms with Crippen LogP contribution in [-0.2, 0) is 16.6 Å². The normalized spacial score (nSPS) is 12.4. The number of hydrogen-bond donors (Lipinski definition) is 3. The smallest absolute Gasteiger partial charge is 0.238 e. The number of nitrogens with one attached hydrogen (secondary N) is 1. The number of benzene rings is 1. The van der Waals surface area contributed by atoms with Crippen LogP contribution in [0, 0.1) is 0 Å². The molecule has 0 aliphatic heterocycles. The molecule has 0 aliphatic rings. The van der Waals surface area contributed by atoms with E-state index in [4.69, 9.17) is 10.9 Å². The number of rotatable bonds is 8. The first-order chi connectivity index (χ1) is 9.93. The molecule has 1 aromatic rings. The fraction of sp³-hybridized carbons (Fsp3) is 0.500. The number of nitrogens with two attached hydrogens (primary N) is 2. The molecule has 1 aromatic carbocycles. The Labute approximate surface area is 126 Å². The van der Waals surface area contributed by atoms with Crippen LogP contribution >= 0.6 is 0 Å². The molecule has 0 aliphatic carbocycles. The first-order valence-corrected chi connectivity index (χ1v) is 8.63. The van der Waals surface area contributed by atoms with Gasteiger partial charge in [0, 0.05) is 6.54 Å². The summed E-state index contributed by atoms with van der Waals surface area (Å²) in [6, 6.07) is 6.39. The van der Waals surface area contributed by atoms with Gasteiger partial charge in [-0.2, -0.15) is 0 Å². The summed E-state index contributed by atoms with van der Waals surface area (Å²) in [5, 5.41) is 8.13. The quantitative estimate of drug-likeness (QED) is 0.382. The molecular weight excluding hydrogens is 288 g/mol. The van der Waals surface area contributed by atoms with E-state index >= 15 is 0 Å². The first-order valence-electron chi connectivity index (χ1n) is 7.09. The van der Waals surface area contributed by atoms with E-state index in [-0.39, 0.29) is 4.90 Å². The van der Waals surface area contributed by atoms with E-state index in [1.54, 1.807) is 12.1 Å². The highest BCUT2D eigenvalue weighted by molar-refractivity contribution is 7.89. The Morgan fingerprint density at radius 2 is 2.05 bits per heavy atom. The van der Waals surface area contributed by atoms with Crippen LogP contribution in [0.15, 0.2) is 34.2 Å². The lowest BCUT2D eigenvalue weighted by atomic mass is 10.2. The Morgan fingerprint density at radius 3 is 2.71 bits per heavy atom. The minimum atomic E-state index is -3.68. The highest BCUT2D eigenvalue weighted by Gasteiger charge is 2.07. The van der Waals surface area contributed by atoms with E-state index in [1.807, 2.05) is 0 Å². The topological polar surface area (TPSA) is 111 Å². The van der Waals surface area contributed by atoms with Crippen molar-refractivity contribution in [2.45, 2.75) is 44.0 Å². The van der Waals surface area contributed by atoms with Crippen LogP contribution in [0.3, 0.4) is 0 Å². The van der Waals surface area contributed by atoms with Crippen molar-refractivity contribution in [2.75, 3.05) is 6.54 Å². The van der Waals surface area contributed by atoms with Gasteiger partial charge in [-0.15, -0.1) is 0 Å². The first kappa shape index (κ1) is 17.5. The van der Waals surface area contributed by atoms with Gasteiger partial charge < -0.3 is 11.1 Å². The molecule has 0 atom stereocenters. The summed E-state index contributed by atoms with van der Waals surface area (Å²) in [6.07, 6.45) is 4.65. The average molecular weight is 312 g/mol. The number of primary sulfonamides is 1. The summed E-state index contributed by atoms with van der Waals surface area (Å²) in [5.74, 6) is 0.368. The van der Waals surface area contributed by atoms with Crippen LogP contribution in [0.25, 0.3) is 0 Å². The Hall–Kier alpha value is -1.60. The largest absolute Gasteiger partial charge is 0.370 e. The lowest BCUT2D eigenvalue weighted by molar-refractivity contribution is 0.597. The molecule has 0 spiro atoms. The van der Waals surface area contributed by atoms with E-state index in [1.165, 1.54) is 31.4 Å². The minimum Gasteiger partial charge on any atom is -0.370 e. The maximum Gasteiger partial charge on any atom is 0.238 e. The summed E-state index contributed by atoms with van der Waals surface area (Å²) >= 11 is 0. The van der Waals surface area contributed by atoms with Gasteiger partial charge in [0.2, 0.25) is 10.0 Å². The molecular formula is C14H24N4O2S. The van der Waals surface area contributed by atoms with Crippen molar-refractivity contribution in [3.63, 3.8) is 0 Å². The summed E-state index contributed by atoms with van der Waals surface area (Å²) in [4.78, 5) is 4.27. The summed E-state index contributed by atoms with van der Waals surface area (Å²) in [5.41, 5.74) is 6.50. The zero-order valence-electron chi connectivity index (χ0n) is 12.4. The zero-order valence-corrected chi connectivity index (χ0v) is 13.2. The summed E-state index contributed by atoms with van der Waals surface area (Å²) in [6.45, 7) is 3.28. The number of nitrogens with zero attached hydrogens (tertiary/aromatic N) is 1. The highest BCUT2D eigenvalue weighted by atomic mass is 32.2. The van der Waals surface area contributed by atoms with Gasteiger partial charge in [-0.1, -0.05) is 38.3 Å². The second-order valence-electron chi connectivity index (χ2n) is 4.88. The third kappa shape index (κ3) is 7.10. The molecule has 0 fully saturated rings. The maximum absolute atomic E-state index is 11.3. The molecule has 0 heterocycles. The SMILES string of the molecule is CCCCCCNC(N)=NCc1cccc(S(N)(=O)=O)c1. The number of unbranched alkanes of at least 4 members (excludes halogenated alkanes) is 3. The Bertz CT molecular complexity index is 570. The minimum absolute atomic E-state index is 0.0845. The van der Waals surface area contributed by atoms with E-state index in [9.17, 15) is 8.42 Å². The van der Waals surface area contributed by atoms with E-state index < -0.39 is 10.0 Å². The number of sulfonamides is 1. The molecule has 0 radical (unpaired) electrons.